The van der Waals surface area contributed by atoms with Crippen molar-refractivity contribution >= 4 is 15.9 Å². The van der Waals surface area contributed by atoms with E-state index in [4.69, 9.17) is 0 Å². The summed E-state index contributed by atoms with van der Waals surface area (Å²) in [6, 6.07) is 4.93. The molecule has 1 aromatic heterocycles. The summed E-state index contributed by atoms with van der Waals surface area (Å²) in [6.07, 6.45) is 3.11. The average Bonchev–Trinajstić information content (AvgIpc) is 3.01. The lowest BCUT2D eigenvalue weighted by Crippen LogP contribution is -2.50. The van der Waals surface area contributed by atoms with Crippen LogP contribution in [0.15, 0.2) is 41.6 Å². The van der Waals surface area contributed by atoms with Crippen LogP contribution in [0.1, 0.15) is 10.4 Å². The minimum Gasteiger partial charge on any atom is -0.336 e. The van der Waals surface area contributed by atoms with E-state index in [9.17, 15) is 17.6 Å². The maximum absolute atomic E-state index is 13.3. The first-order valence-corrected chi connectivity index (χ1v) is 8.85. The highest BCUT2D eigenvalue weighted by molar-refractivity contribution is 7.89. The van der Waals surface area contributed by atoms with Crippen molar-refractivity contribution < 1.29 is 17.6 Å². The van der Waals surface area contributed by atoms with Crippen molar-refractivity contribution in [2.45, 2.75) is 4.90 Å². The van der Waals surface area contributed by atoms with Crippen LogP contribution in [0.2, 0.25) is 0 Å². The molecular weight excluding hydrogens is 335 g/mol. The smallest absolute Gasteiger partial charge is 0.257 e. The predicted molar refractivity (Wildman–Crippen MR) is 84.3 cm³/mol. The number of benzene rings is 1. The Morgan fingerprint density at radius 1 is 1.21 bits per heavy atom. The molecule has 128 valence electrons. The van der Waals surface area contributed by atoms with Gasteiger partial charge in [-0.15, -0.1) is 0 Å². The van der Waals surface area contributed by atoms with Gasteiger partial charge in [-0.25, -0.2) is 12.8 Å². The van der Waals surface area contributed by atoms with Crippen molar-refractivity contribution in [1.29, 1.82) is 0 Å². The molecule has 0 aliphatic carbocycles. The summed E-state index contributed by atoms with van der Waals surface area (Å²) in [5, 5.41) is 3.96. The Balaban J connectivity index is 1.69. The fourth-order valence-corrected chi connectivity index (χ4v) is 4.08. The second-order valence-corrected chi connectivity index (χ2v) is 7.49. The Kier molecular flexibility index (Phi) is 4.37. The Labute approximate surface area is 139 Å². The summed E-state index contributed by atoms with van der Waals surface area (Å²) < 4.78 is 41.2. The molecule has 1 aliphatic rings. The first-order chi connectivity index (χ1) is 11.4. The van der Waals surface area contributed by atoms with Crippen LogP contribution in [0.3, 0.4) is 0 Å². The highest BCUT2D eigenvalue weighted by Gasteiger charge is 2.30. The van der Waals surface area contributed by atoms with Gasteiger partial charge in [0.15, 0.2) is 0 Å². The number of hydrogen-bond acceptors (Lipinski definition) is 4. The summed E-state index contributed by atoms with van der Waals surface area (Å²) in [6.45, 7) is 0.903. The van der Waals surface area contributed by atoms with Gasteiger partial charge < -0.3 is 4.90 Å². The Hall–Kier alpha value is -2.26. The quantitative estimate of drug-likeness (QED) is 0.815. The van der Waals surface area contributed by atoms with E-state index in [1.54, 1.807) is 18.1 Å². The molecule has 1 saturated heterocycles. The van der Waals surface area contributed by atoms with Crippen molar-refractivity contribution in [1.82, 2.24) is 19.0 Å². The molecule has 0 atom stereocenters. The van der Waals surface area contributed by atoms with Gasteiger partial charge in [-0.1, -0.05) is 6.07 Å². The van der Waals surface area contributed by atoms with Crippen LogP contribution in [0.25, 0.3) is 0 Å². The number of carbonyl (C=O) groups is 1. The average molecular weight is 352 g/mol. The molecule has 2 heterocycles. The first kappa shape index (κ1) is 16.6. The third-order valence-corrected chi connectivity index (χ3v) is 5.81. The zero-order valence-corrected chi connectivity index (χ0v) is 13.9. The van der Waals surface area contributed by atoms with Gasteiger partial charge in [0, 0.05) is 39.4 Å². The zero-order valence-electron chi connectivity index (χ0n) is 13.1. The van der Waals surface area contributed by atoms with E-state index >= 15 is 0 Å². The highest BCUT2D eigenvalue weighted by atomic mass is 32.2. The topological polar surface area (TPSA) is 75.5 Å². The van der Waals surface area contributed by atoms with E-state index in [1.807, 2.05) is 0 Å². The van der Waals surface area contributed by atoms with Crippen molar-refractivity contribution in [3.63, 3.8) is 0 Å². The van der Waals surface area contributed by atoms with E-state index in [0.717, 1.165) is 6.07 Å². The van der Waals surface area contributed by atoms with E-state index in [1.165, 1.54) is 33.4 Å². The highest BCUT2D eigenvalue weighted by Crippen LogP contribution is 2.19. The standard InChI is InChI=1S/C15H17FN4O3S/c1-18-11-12(10-17-18)15(21)19-5-7-20(8-6-19)24(22,23)14-4-2-3-13(16)9-14/h2-4,9-11H,5-8H2,1H3. The second-order valence-electron chi connectivity index (χ2n) is 5.56. The normalized spacial score (nSPS) is 16.3. The minimum absolute atomic E-state index is 0.0745. The number of aryl methyl sites for hydroxylation is 1. The number of piperazine rings is 1. The number of aromatic nitrogens is 2. The summed E-state index contributed by atoms with van der Waals surface area (Å²) in [7, 11) is -2.03. The predicted octanol–water partition coefficient (Wildman–Crippen LogP) is 0.706. The molecule has 0 saturated carbocycles. The molecule has 0 N–H and O–H groups in total. The largest absolute Gasteiger partial charge is 0.336 e. The van der Waals surface area contributed by atoms with E-state index < -0.39 is 15.8 Å². The lowest BCUT2D eigenvalue weighted by Gasteiger charge is -2.33. The van der Waals surface area contributed by atoms with Crippen LogP contribution < -0.4 is 0 Å². The monoisotopic (exact) mass is 352 g/mol. The molecule has 0 radical (unpaired) electrons. The molecule has 1 aliphatic heterocycles. The van der Waals surface area contributed by atoms with Crippen LogP contribution in [0, 0.1) is 5.82 Å². The molecule has 0 bridgehead atoms. The van der Waals surface area contributed by atoms with Gasteiger partial charge in [-0.05, 0) is 18.2 Å². The number of nitrogens with zero attached hydrogens (tertiary/aromatic N) is 4. The molecule has 3 rings (SSSR count). The number of amides is 1. The van der Waals surface area contributed by atoms with Crippen LogP contribution in [0.4, 0.5) is 4.39 Å². The number of carbonyl (C=O) groups excluding carboxylic acids is 1. The van der Waals surface area contributed by atoms with Gasteiger partial charge in [0.2, 0.25) is 10.0 Å². The molecule has 1 aromatic carbocycles. The number of hydrogen-bond donors (Lipinski definition) is 0. The van der Waals surface area contributed by atoms with Crippen molar-refractivity contribution in [2.24, 2.45) is 7.05 Å². The lowest BCUT2D eigenvalue weighted by atomic mass is 10.2. The number of rotatable bonds is 3. The van der Waals surface area contributed by atoms with Gasteiger partial charge >= 0.3 is 0 Å². The van der Waals surface area contributed by atoms with E-state index in [-0.39, 0.29) is 37.0 Å². The van der Waals surface area contributed by atoms with Gasteiger partial charge in [-0.3, -0.25) is 9.48 Å². The minimum atomic E-state index is -3.76. The van der Waals surface area contributed by atoms with Crippen LogP contribution in [0.5, 0.6) is 0 Å². The molecule has 0 spiro atoms. The molecule has 0 unspecified atom stereocenters. The summed E-state index contributed by atoms with van der Waals surface area (Å²) in [5.41, 5.74) is 0.471. The molecule has 7 nitrogen and oxygen atoms in total. The van der Waals surface area contributed by atoms with Crippen molar-refractivity contribution in [3.8, 4) is 0 Å². The summed E-state index contributed by atoms with van der Waals surface area (Å²) in [4.78, 5) is 13.9. The first-order valence-electron chi connectivity index (χ1n) is 7.41. The lowest BCUT2D eigenvalue weighted by molar-refractivity contribution is 0.0698. The maximum Gasteiger partial charge on any atom is 0.257 e. The molecule has 2 aromatic rings. The fraction of sp³-hybridized carbons (Fsp3) is 0.333. The van der Waals surface area contributed by atoms with E-state index in [0.29, 0.717) is 5.56 Å². The molecule has 1 amide bonds. The molecule has 24 heavy (non-hydrogen) atoms. The molecule has 9 heteroatoms. The molecule has 1 fully saturated rings. The number of halogens is 1. The van der Waals surface area contributed by atoms with Crippen molar-refractivity contribution in [3.05, 3.63) is 48.0 Å². The van der Waals surface area contributed by atoms with Crippen molar-refractivity contribution in [2.75, 3.05) is 26.2 Å². The van der Waals surface area contributed by atoms with Crippen LogP contribution in [-0.2, 0) is 17.1 Å². The second kappa shape index (κ2) is 6.33. The number of sulfonamides is 1. The van der Waals surface area contributed by atoms with Crippen LogP contribution >= 0.6 is 0 Å². The van der Waals surface area contributed by atoms with Gasteiger partial charge in [0.25, 0.3) is 5.91 Å². The third kappa shape index (κ3) is 3.17. The molecular formula is C15H17FN4O3S. The van der Waals surface area contributed by atoms with Gasteiger partial charge in [-0.2, -0.15) is 9.40 Å². The SMILES string of the molecule is Cn1cc(C(=O)N2CCN(S(=O)(=O)c3cccc(F)c3)CC2)cn1. The summed E-state index contributed by atoms with van der Waals surface area (Å²) >= 11 is 0. The maximum atomic E-state index is 13.3. The summed E-state index contributed by atoms with van der Waals surface area (Å²) in [5.74, 6) is -0.771. The Morgan fingerprint density at radius 3 is 2.50 bits per heavy atom. The fourth-order valence-electron chi connectivity index (χ4n) is 2.62. The third-order valence-electron chi connectivity index (χ3n) is 3.91. The zero-order chi connectivity index (χ0) is 17.3. The Morgan fingerprint density at radius 2 is 1.92 bits per heavy atom. The Bertz CT molecular complexity index is 857. The van der Waals surface area contributed by atoms with E-state index in [2.05, 4.69) is 5.10 Å². The van der Waals surface area contributed by atoms with Gasteiger partial charge in [0.1, 0.15) is 5.82 Å². The van der Waals surface area contributed by atoms with Crippen LogP contribution in [-0.4, -0.2) is 59.5 Å². The van der Waals surface area contributed by atoms with Gasteiger partial charge in [0.05, 0.1) is 16.7 Å².